The van der Waals surface area contributed by atoms with Crippen molar-refractivity contribution in [3.05, 3.63) is 77.9 Å². The molecule has 0 saturated heterocycles. The van der Waals surface area contributed by atoms with Crippen LogP contribution in [0.15, 0.2) is 61.9 Å². The summed E-state index contributed by atoms with van der Waals surface area (Å²) in [6.07, 6.45) is -5.01. The summed E-state index contributed by atoms with van der Waals surface area (Å²) in [6.45, 7) is 8.82. The van der Waals surface area contributed by atoms with Crippen LogP contribution in [0.1, 0.15) is 79.1 Å². The highest BCUT2D eigenvalue weighted by molar-refractivity contribution is 5.89. The van der Waals surface area contributed by atoms with Gasteiger partial charge in [-0.1, -0.05) is 43.0 Å². The molecule has 4 aliphatic carbocycles. The summed E-state index contributed by atoms with van der Waals surface area (Å²) in [5.41, 5.74) is 43.4. The molecule has 0 heterocycles. The van der Waals surface area contributed by atoms with Crippen molar-refractivity contribution in [2.75, 3.05) is 33.5 Å². The van der Waals surface area contributed by atoms with Crippen molar-refractivity contribution in [2.24, 2.45) is 32.5 Å². The van der Waals surface area contributed by atoms with Crippen LogP contribution in [0, 0.1) is 0 Å². The van der Waals surface area contributed by atoms with E-state index in [1.165, 1.54) is 19.3 Å². The number of carboxylic acid groups (broad SMARTS) is 3. The zero-order chi connectivity index (χ0) is 60.2. The van der Waals surface area contributed by atoms with Crippen molar-refractivity contribution < 1.29 is 94.1 Å². The molecule has 442 valence electrons. The minimum absolute atomic E-state index is 0.0406. The molecule has 12 atom stereocenters. The van der Waals surface area contributed by atoms with Gasteiger partial charge in [-0.3, -0.25) is 9.59 Å². The highest BCUT2D eigenvalue weighted by Crippen LogP contribution is 2.29. The first kappa shape index (κ1) is 70.0. The summed E-state index contributed by atoms with van der Waals surface area (Å²) in [5, 5.41) is 40.9. The fourth-order valence-electron chi connectivity index (χ4n) is 7.63. The number of alkyl halides is 6. The average Bonchev–Trinajstić information content (AvgIpc) is 3.38. The van der Waals surface area contributed by atoms with Crippen molar-refractivity contribution in [1.82, 2.24) is 10.6 Å². The summed E-state index contributed by atoms with van der Waals surface area (Å²) >= 11 is 0. The fraction of sp³-hybridized carbons (Fsp3) is 0.689. The van der Waals surface area contributed by atoms with Gasteiger partial charge in [0.15, 0.2) is 0 Å². The molecular weight excluding hydrogens is 1070 g/mol. The predicted molar refractivity (Wildman–Crippen MR) is 265 cm³/mol. The smallest absolute Gasteiger partial charge is 0.471 e. The summed E-state index contributed by atoms with van der Waals surface area (Å²) in [6, 6.07) is -6.63. The largest absolute Gasteiger partial charge is 0.478 e. The molecule has 0 aromatic rings. The van der Waals surface area contributed by atoms with E-state index < -0.39 is 121 Å². The van der Waals surface area contributed by atoms with Gasteiger partial charge in [-0.15, -0.1) is 0 Å². The Morgan fingerprint density at radius 2 is 0.848 bits per heavy atom. The van der Waals surface area contributed by atoms with E-state index in [-0.39, 0.29) is 55.6 Å². The van der Waals surface area contributed by atoms with Crippen molar-refractivity contribution in [1.29, 1.82) is 0 Å². The molecule has 0 unspecified atom stereocenters. The van der Waals surface area contributed by atoms with Crippen molar-refractivity contribution >= 4 is 35.7 Å². The molecule has 0 spiro atoms. The molecule has 0 saturated carbocycles. The monoisotopic (exact) mass is 1140 g/mol. The number of hydrogen-bond acceptors (Lipinski definition) is 17. The second kappa shape index (κ2) is 34.8. The lowest BCUT2D eigenvalue weighted by Crippen LogP contribution is -2.59. The van der Waals surface area contributed by atoms with Gasteiger partial charge in [0.1, 0.15) is 0 Å². The standard InChI is InChI=1S/C12H15F3N4O4.C12H17F3N2O4.C11H18N4O3.C10H16N4O3/c1-2-3-23-8-5-6(10(20)21)4-7(18-19-16)9(8)17-11(22)12(13,14)15;1-2-3-21-8-5-6(10(18)19)4-7(16)9(8)17-11(20)12(13,14)15;1-3-4-18-9-6-7(11(16)17-2)5-8(10(9)12)14-15-13;1-2-3-17-8-5-6(10(15)16)4-7(9(8)11)13-14-12/h5,7-9H,2-4H2,1H3,(H,17,22)(H,20,21);5,7-9H,2-4,16H2,1H3,(H,17,20)(H,18,19);6,8-10H,3-5,12H2,1-2H3;5,7-9H,2-4,11H2,1H3,(H,15,16)/t2*7-,8+,9+;8-,9+,10+;7-,8+,9+/m0000/s1. The normalized spacial score (nSPS) is 26.3. The first-order valence-electron chi connectivity index (χ1n) is 24.3. The Morgan fingerprint density at radius 1 is 0.544 bits per heavy atom. The maximum Gasteiger partial charge on any atom is 0.471 e. The van der Waals surface area contributed by atoms with Crippen molar-refractivity contribution in [2.45, 2.75) is 164 Å². The molecule has 0 aromatic heterocycles. The van der Waals surface area contributed by atoms with Gasteiger partial charge in [0.05, 0.1) is 61.7 Å². The Labute approximate surface area is 447 Å². The third kappa shape index (κ3) is 23.5. The molecule has 0 fully saturated rings. The number of aliphatic carboxylic acids is 3. The molecule has 4 aliphatic rings. The first-order valence-corrected chi connectivity index (χ1v) is 24.3. The topological polar surface area (TPSA) is 458 Å². The molecule has 79 heavy (non-hydrogen) atoms. The van der Waals surface area contributed by atoms with Crippen molar-refractivity contribution in [3.8, 4) is 0 Å². The number of nitrogens with two attached hydrogens (primary N) is 3. The van der Waals surface area contributed by atoms with Crippen LogP contribution in [0.5, 0.6) is 0 Å². The number of ether oxygens (including phenoxy) is 5. The number of hydrogen-bond donors (Lipinski definition) is 8. The van der Waals surface area contributed by atoms with Gasteiger partial charge in [0.25, 0.3) is 0 Å². The molecule has 2 amide bonds. The van der Waals surface area contributed by atoms with Gasteiger partial charge in [0, 0.05) is 81.6 Å². The van der Waals surface area contributed by atoms with E-state index >= 15 is 0 Å². The van der Waals surface area contributed by atoms with Crippen LogP contribution >= 0.6 is 0 Å². The van der Waals surface area contributed by atoms with Gasteiger partial charge < -0.3 is 66.8 Å². The van der Waals surface area contributed by atoms with Crippen LogP contribution in [0.2, 0.25) is 0 Å². The molecule has 4 rings (SSSR count). The Hall–Kier alpha value is -6.99. The molecular formula is C45H66F6N14O14. The molecule has 11 N–H and O–H groups in total. The van der Waals surface area contributed by atoms with E-state index in [0.717, 1.165) is 18.9 Å². The van der Waals surface area contributed by atoms with Crippen molar-refractivity contribution in [3.63, 3.8) is 0 Å². The molecule has 0 aliphatic heterocycles. The van der Waals surface area contributed by atoms with Crippen LogP contribution in [-0.2, 0) is 52.5 Å². The summed E-state index contributed by atoms with van der Waals surface area (Å²) in [5.74, 6) is -8.31. The van der Waals surface area contributed by atoms with Crippen LogP contribution in [0.25, 0.3) is 31.3 Å². The Bertz CT molecular complexity index is 2360. The highest BCUT2D eigenvalue weighted by atomic mass is 19.4. The van der Waals surface area contributed by atoms with Gasteiger partial charge in [0.2, 0.25) is 0 Å². The lowest BCUT2D eigenvalue weighted by Gasteiger charge is -2.34. The van der Waals surface area contributed by atoms with Gasteiger partial charge >= 0.3 is 48.0 Å². The summed E-state index contributed by atoms with van der Waals surface area (Å²) in [4.78, 5) is 74.6. The number of carboxylic acids is 3. The highest BCUT2D eigenvalue weighted by Gasteiger charge is 2.45. The fourth-order valence-corrected chi connectivity index (χ4v) is 7.63. The van der Waals surface area contributed by atoms with E-state index in [2.05, 4.69) is 34.8 Å². The maximum atomic E-state index is 12.4. The van der Waals surface area contributed by atoms with Crippen LogP contribution in [0.4, 0.5) is 26.3 Å². The van der Waals surface area contributed by atoms with Crippen LogP contribution < -0.4 is 27.8 Å². The second-order valence-corrected chi connectivity index (χ2v) is 17.5. The lowest BCUT2D eigenvalue weighted by atomic mass is 9.88. The number of carbonyl (C=O) groups excluding carboxylic acids is 3. The minimum atomic E-state index is -5.12. The second-order valence-electron chi connectivity index (χ2n) is 17.5. The van der Waals surface area contributed by atoms with Gasteiger partial charge in [-0.25, -0.2) is 19.2 Å². The first-order chi connectivity index (χ1) is 37.1. The predicted octanol–water partition coefficient (Wildman–Crippen LogP) is 4.99. The van der Waals surface area contributed by atoms with E-state index in [1.807, 2.05) is 13.8 Å². The van der Waals surface area contributed by atoms with Crippen LogP contribution in [-0.4, -0.2) is 170 Å². The summed E-state index contributed by atoms with van der Waals surface area (Å²) in [7, 11) is 1.31. The number of methoxy groups -OCH3 is 1. The molecule has 28 nitrogen and oxygen atoms in total. The molecule has 0 radical (unpaired) electrons. The molecule has 34 heteroatoms. The number of halogens is 6. The van der Waals surface area contributed by atoms with Gasteiger partial charge in [-0.2, -0.15) is 26.3 Å². The Kier molecular flexibility index (Phi) is 30.8. The Morgan fingerprint density at radius 3 is 1.20 bits per heavy atom. The third-order valence-corrected chi connectivity index (χ3v) is 11.5. The van der Waals surface area contributed by atoms with E-state index in [9.17, 15) is 55.1 Å². The SMILES string of the molecule is CCCO[C@@H]1C=C(C(=O)O)C[C@H](N)[C@H]1NC(=O)C(F)(F)F.CCCO[C@@H]1C=C(C(=O)O)C[C@H](N=[N+]=[N-])[C@H]1N.CCCO[C@@H]1C=C(C(=O)O)C[C@H](N=[N+]=[N-])[C@H]1NC(=O)C(F)(F)F.CCCO[C@@H]1C=C(C(=O)OC)C[C@H](N=[N+]=[N-])[C@H]1N. The van der Waals surface area contributed by atoms with E-state index in [0.29, 0.717) is 31.6 Å². The number of azide groups is 3. The average molecular weight is 1140 g/mol. The lowest BCUT2D eigenvalue weighted by molar-refractivity contribution is -0.175. The van der Waals surface area contributed by atoms with Gasteiger partial charge in [-0.05, 0) is 92.3 Å². The number of carbonyl (C=O) groups is 6. The number of nitrogens with one attached hydrogen (secondary N) is 2. The van der Waals surface area contributed by atoms with E-state index in [4.69, 9.17) is 68.1 Å². The third-order valence-electron chi connectivity index (χ3n) is 11.5. The number of esters is 1. The zero-order valence-electron chi connectivity index (χ0n) is 43.6. The zero-order valence-corrected chi connectivity index (χ0v) is 43.6. The molecule has 0 aromatic carbocycles. The molecule has 0 bridgehead atoms. The van der Waals surface area contributed by atoms with E-state index in [1.54, 1.807) is 30.6 Å². The Balaban J connectivity index is 0.000000530. The number of amides is 2. The summed E-state index contributed by atoms with van der Waals surface area (Å²) < 4.78 is 101. The number of nitrogens with zero attached hydrogens (tertiary/aromatic N) is 9. The maximum absolute atomic E-state index is 12.4. The quantitative estimate of drug-likeness (QED) is 0.0247. The minimum Gasteiger partial charge on any atom is -0.478 e. The number of rotatable bonds is 21. The van der Waals surface area contributed by atoms with Crippen LogP contribution in [0.3, 0.4) is 0 Å².